The van der Waals surface area contributed by atoms with Crippen LogP contribution in [0.15, 0.2) is 24.8 Å². The van der Waals surface area contributed by atoms with Gasteiger partial charge in [-0.25, -0.2) is 0 Å². The van der Waals surface area contributed by atoms with E-state index in [2.05, 4.69) is 13.5 Å². The highest BCUT2D eigenvalue weighted by molar-refractivity contribution is 5.95. The quantitative estimate of drug-likeness (QED) is 0.800. The molecular weight excluding hydrogens is 279 g/mol. The number of hydrogen-bond donors (Lipinski definition) is 0. The summed E-state index contributed by atoms with van der Waals surface area (Å²) in [4.78, 5) is 14.0. The molecule has 0 saturated carbocycles. The summed E-state index contributed by atoms with van der Waals surface area (Å²) in [5.74, 6) is 0.379. The van der Waals surface area contributed by atoms with Crippen LogP contribution in [0.25, 0.3) is 6.08 Å². The average Bonchev–Trinajstić information content (AvgIpc) is 2.45. The minimum Gasteiger partial charge on any atom is -0.339 e. The second-order valence-corrected chi connectivity index (χ2v) is 5.48. The van der Waals surface area contributed by atoms with Crippen molar-refractivity contribution in [2.24, 2.45) is 5.92 Å². The highest BCUT2D eigenvalue weighted by atomic mass is 19.4. The number of carbonyl (C=O) groups excluding carboxylic acids is 1. The third kappa shape index (κ3) is 3.46. The summed E-state index contributed by atoms with van der Waals surface area (Å²) < 4.78 is 38.5. The smallest absolute Gasteiger partial charge is 0.339 e. The Balaban J connectivity index is 2.25. The van der Waals surface area contributed by atoms with Crippen LogP contribution in [0.5, 0.6) is 0 Å². The Bertz CT molecular complexity index is 543. The summed E-state index contributed by atoms with van der Waals surface area (Å²) in [5, 5.41) is 0. The molecule has 0 aromatic heterocycles. The minimum absolute atomic E-state index is 0.0567. The molecule has 0 spiro atoms. The van der Waals surface area contributed by atoms with Crippen LogP contribution in [0.4, 0.5) is 13.2 Å². The Hall–Kier alpha value is -1.78. The first-order valence-electron chi connectivity index (χ1n) is 6.96. The van der Waals surface area contributed by atoms with Crippen LogP contribution >= 0.6 is 0 Å². The zero-order valence-corrected chi connectivity index (χ0v) is 11.9. The van der Waals surface area contributed by atoms with Gasteiger partial charge in [0, 0.05) is 18.7 Å². The van der Waals surface area contributed by atoms with E-state index in [0.29, 0.717) is 19.0 Å². The highest BCUT2D eigenvalue weighted by Gasteiger charge is 2.33. The van der Waals surface area contributed by atoms with Crippen molar-refractivity contribution in [1.82, 2.24) is 4.90 Å². The first-order chi connectivity index (χ1) is 9.82. The van der Waals surface area contributed by atoms with E-state index in [0.717, 1.165) is 25.0 Å². The molecular formula is C16H18F3NO. The molecule has 1 aliphatic heterocycles. The molecule has 1 fully saturated rings. The topological polar surface area (TPSA) is 20.3 Å². The molecule has 0 radical (unpaired) electrons. The molecule has 0 unspecified atom stereocenters. The van der Waals surface area contributed by atoms with E-state index in [-0.39, 0.29) is 17.0 Å². The standard InChI is InChI=1S/C16H18F3NO/c1-3-12-10-13(4-5-14(12)16(17,18)19)15(21)20-8-6-11(2)7-9-20/h3-5,10-11H,1,6-9H2,2H3. The lowest BCUT2D eigenvalue weighted by Crippen LogP contribution is -2.37. The largest absolute Gasteiger partial charge is 0.416 e. The van der Waals surface area contributed by atoms with Gasteiger partial charge in [0.1, 0.15) is 0 Å². The number of hydrogen-bond acceptors (Lipinski definition) is 1. The van der Waals surface area contributed by atoms with E-state index >= 15 is 0 Å². The second-order valence-electron chi connectivity index (χ2n) is 5.48. The summed E-state index contributed by atoms with van der Waals surface area (Å²) in [5.41, 5.74) is -0.535. The van der Waals surface area contributed by atoms with Gasteiger partial charge in [0.2, 0.25) is 0 Å². The summed E-state index contributed by atoms with van der Waals surface area (Å²) in [6.07, 6.45) is -1.44. The van der Waals surface area contributed by atoms with E-state index in [1.165, 1.54) is 12.1 Å². The Morgan fingerprint density at radius 3 is 2.48 bits per heavy atom. The van der Waals surface area contributed by atoms with Gasteiger partial charge in [0.15, 0.2) is 0 Å². The number of halogens is 3. The molecule has 0 aliphatic carbocycles. The molecule has 1 aliphatic rings. The molecule has 1 aromatic rings. The van der Waals surface area contributed by atoms with Crippen LogP contribution in [-0.2, 0) is 6.18 Å². The fourth-order valence-corrected chi connectivity index (χ4v) is 2.52. The molecule has 0 atom stereocenters. The fraction of sp³-hybridized carbons (Fsp3) is 0.438. The first-order valence-corrected chi connectivity index (χ1v) is 6.96. The van der Waals surface area contributed by atoms with E-state index < -0.39 is 11.7 Å². The maximum absolute atomic E-state index is 12.8. The van der Waals surface area contributed by atoms with Crippen LogP contribution in [0.1, 0.15) is 41.3 Å². The molecule has 1 amide bonds. The van der Waals surface area contributed by atoms with E-state index in [1.807, 2.05) is 0 Å². The lowest BCUT2D eigenvalue weighted by molar-refractivity contribution is -0.137. The molecule has 1 saturated heterocycles. The molecule has 1 aromatic carbocycles. The lowest BCUT2D eigenvalue weighted by atomic mass is 9.97. The molecule has 21 heavy (non-hydrogen) atoms. The van der Waals surface area contributed by atoms with Gasteiger partial charge in [-0.15, -0.1) is 0 Å². The number of amides is 1. The molecule has 0 bridgehead atoms. The Labute approximate surface area is 122 Å². The van der Waals surface area contributed by atoms with Gasteiger partial charge in [-0.3, -0.25) is 4.79 Å². The molecule has 2 rings (SSSR count). The van der Waals surface area contributed by atoms with Crippen LogP contribution in [0.2, 0.25) is 0 Å². The summed E-state index contributed by atoms with van der Waals surface area (Å²) in [6.45, 7) is 6.85. The highest BCUT2D eigenvalue weighted by Crippen LogP contribution is 2.33. The monoisotopic (exact) mass is 297 g/mol. The van der Waals surface area contributed by atoms with E-state index in [4.69, 9.17) is 0 Å². The molecule has 2 nitrogen and oxygen atoms in total. The second kappa shape index (κ2) is 5.92. The van der Waals surface area contributed by atoms with Gasteiger partial charge in [0.25, 0.3) is 5.91 Å². The predicted octanol–water partition coefficient (Wildman–Crippen LogP) is 4.22. The Morgan fingerprint density at radius 2 is 1.95 bits per heavy atom. The van der Waals surface area contributed by atoms with Gasteiger partial charge in [-0.05, 0) is 42.5 Å². The van der Waals surface area contributed by atoms with Crippen molar-refractivity contribution in [3.63, 3.8) is 0 Å². The fourth-order valence-electron chi connectivity index (χ4n) is 2.52. The van der Waals surface area contributed by atoms with E-state index in [1.54, 1.807) is 4.90 Å². The normalized spacial score (nSPS) is 16.9. The van der Waals surface area contributed by atoms with Crippen molar-refractivity contribution in [3.8, 4) is 0 Å². The lowest BCUT2D eigenvalue weighted by Gasteiger charge is -2.30. The van der Waals surface area contributed by atoms with Crippen molar-refractivity contribution in [2.75, 3.05) is 13.1 Å². The molecule has 1 heterocycles. The van der Waals surface area contributed by atoms with Gasteiger partial charge in [-0.2, -0.15) is 13.2 Å². The number of benzene rings is 1. The zero-order valence-electron chi connectivity index (χ0n) is 11.9. The minimum atomic E-state index is -4.44. The third-order valence-electron chi connectivity index (χ3n) is 3.89. The average molecular weight is 297 g/mol. The van der Waals surface area contributed by atoms with Crippen molar-refractivity contribution in [1.29, 1.82) is 0 Å². The number of piperidine rings is 1. The molecule has 0 N–H and O–H groups in total. The zero-order chi connectivity index (χ0) is 15.6. The first kappa shape index (κ1) is 15.6. The maximum atomic E-state index is 12.8. The number of likely N-dealkylation sites (tertiary alicyclic amines) is 1. The van der Waals surface area contributed by atoms with Gasteiger partial charge >= 0.3 is 6.18 Å². The Morgan fingerprint density at radius 1 is 1.33 bits per heavy atom. The van der Waals surface area contributed by atoms with Crippen molar-refractivity contribution in [3.05, 3.63) is 41.5 Å². The molecule has 5 heteroatoms. The maximum Gasteiger partial charge on any atom is 0.416 e. The summed E-state index contributed by atoms with van der Waals surface area (Å²) in [6, 6.07) is 3.48. The summed E-state index contributed by atoms with van der Waals surface area (Å²) in [7, 11) is 0. The SMILES string of the molecule is C=Cc1cc(C(=O)N2CCC(C)CC2)ccc1C(F)(F)F. The third-order valence-corrected chi connectivity index (χ3v) is 3.89. The number of rotatable bonds is 2. The van der Waals surface area contributed by atoms with Gasteiger partial charge < -0.3 is 4.90 Å². The van der Waals surface area contributed by atoms with Crippen molar-refractivity contribution < 1.29 is 18.0 Å². The number of carbonyl (C=O) groups is 1. The summed E-state index contributed by atoms with van der Waals surface area (Å²) >= 11 is 0. The van der Waals surface area contributed by atoms with Crippen molar-refractivity contribution in [2.45, 2.75) is 25.9 Å². The van der Waals surface area contributed by atoms with Crippen LogP contribution in [0, 0.1) is 5.92 Å². The molecule has 114 valence electrons. The van der Waals surface area contributed by atoms with Crippen LogP contribution < -0.4 is 0 Å². The number of alkyl halides is 3. The number of nitrogens with zero attached hydrogens (tertiary/aromatic N) is 1. The van der Waals surface area contributed by atoms with Crippen LogP contribution in [0.3, 0.4) is 0 Å². The van der Waals surface area contributed by atoms with Crippen molar-refractivity contribution >= 4 is 12.0 Å². The predicted molar refractivity (Wildman–Crippen MR) is 75.8 cm³/mol. The van der Waals surface area contributed by atoms with Gasteiger partial charge in [-0.1, -0.05) is 19.6 Å². The van der Waals surface area contributed by atoms with E-state index in [9.17, 15) is 18.0 Å². The Kier molecular flexibility index (Phi) is 4.40. The van der Waals surface area contributed by atoms with Crippen LogP contribution in [-0.4, -0.2) is 23.9 Å². The van der Waals surface area contributed by atoms with Gasteiger partial charge in [0.05, 0.1) is 5.56 Å².